The van der Waals surface area contributed by atoms with Crippen LogP contribution in [0.5, 0.6) is 0 Å². The Morgan fingerprint density at radius 3 is 2.78 bits per heavy atom. The van der Waals surface area contributed by atoms with Gasteiger partial charge in [-0.3, -0.25) is 9.59 Å². The minimum atomic E-state index is -0.599. The highest BCUT2D eigenvalue weighted by Gasteiger charge is 2.39. The first-order valence-corrected chi connectivity index (χ1v) is 8.49. The fraction of sp³-hybridized carbons (Fsp3) is 0.529. The van der Waals surface area contributed by atoms with E-state index in [0.29, 0.717) is 23.2 Å². The highest BCUT2D eigenvalue weighted by molar-refractivity contribution is 6.41. The van der Waals surface area contributed by atoms with E-state index in [0.717, 1.165) is 32.4 Å². The minimum absolute atomic E-state index is 0.185. The SMILES string of the molecule is CN1CCC2C(CCCN2C(=O)C(=O)Nc2ccccc2Cl)C1. The number of hydrogen-bond donors (Lipinski definition) is 1. The number of halogens is 1. The van der Waals surface area contributed by atoms with Crippen molar-refractivity contribution in [3.05, 3.63) is 29.3 Å². The van der Waals surface area contributed by atoms with E-state index in [2.05, 4.69) is 17.3 Å². The van der Waals surface area contributed by atoms with E-state index in [-0.39, 0.29) is 6.04 Å². The molecule has 2 saturated heterocycles. The smallest absolute Gasteiger partial charge is 0.313 e. The van der Waals surface area contributed by atoms with Crippen LogP contribution in [0.15, 0.2) is 24.3 Å². The molecule has 6 heteroatoms. The Labute approximate surface area is 141 Å². The Bertz CT molecular complexity index is 607. The minimum Gasteiger partial charge on any atom is -0.331 e. The fourth-order valence-electron chi connectivity index (χ4n) is 3.71. The molecule has 0 aliphatic carbocycles. The molecule has 3 rings (SSSR count). The lowest BCUT2D eigenvalue weighted by atomic mass is 9.84. The van der Waals surface area contributed by atoms with Crippen molar-refractivity contribution in [2.24, 2.45) is 5.92 Å². The van der Waals surface area contributed by atoms with Crippen LogP contribution in [0.1, 0.15) is 19.3 Å². The summed E-state index contributed by atoms with van der Waals surface area (Å²) in [4.78, 5) is 29.0. The van der Waals surface area contributed by atoms with Gasteiger partial charge in [0.1, 0.15) is 0 Å². The van der Waals surface area contributed by atoms with Gasteiger partial charge in [-0.15, -0.1) is 0 Å². The average Bonchev–Trinajstić information content (AvgIpc) is 2.55. The van der Waals surface area contributed by atoms with Gasteiger partial charge < -0.3 is 15.1 Å². The summed E-state index contributed by atoms with van der Waals surface area (Å²) >= 11 is 6.04. The Hall–Kier alpha value is -1.59. The Morgan fingerprint density at radius 1 is 1.22 bits per heavy atom. The first kappa shape index (κ1) is 16.3. The predicted molar refractivity (Wildman–Crippen MR) is 90.4 cm³/mol. The van der Waals surface area contributed by atoms with Gasteiger partial charge in [-0.05, 0) is 50.9 Å². The standard InChI is InChI=1S/C17H22ClN3O2/c1-20-10-8-15-12(11-20)5-4-9-21(15)17(23)16(22)19-14-7-3-2-6-13(14)18/h2-3,6-7,12,15H,4-5,8-11H2,1H3,(H,19,22). The third kappa shape index (κ3) is 3.51. The summed E-state index contributed by atoms with van der Waals surface area (Å²) in [6, 6.07) is 7.13. The van der Waals surface area contributed by atoms with Crippen LogP contribution < -0.4 is 5.32 Å². The lowest BCUT2D eigenvalue weighted by molar-refractivity contribution is -0.148. The molecule has 0 bridgehead atoms. The molecule has 1 aromatic rings. The van der Waals surface area contributed by atoms with Crippen molar-refractivity contribution < 1.29 is 9.59 Å². The second kappa shape index (κ2) is 6.89. The molecule has 2 amide bonds. The molecule has 5 nitrogen and oxygen atoms in total. The zero-order valence-corrected chi connectivity index (χ0v) is 14.1. The highest BCUT2D eigenvalue weighted by Crippen LogP contribution is 2.30. The molecular weight excluding hydrogens is 314 g/mol. The van der Waals surface area contributed by atoms with Gasteiger partial charge in [-0.25, -0.2) is 0 Å². The third-order valence-corrected chi connectivity index (χ3v) is 5.18. The molecule has 2 unspecified atom stereocenters. The van der Waals surface area contributed by atoms with Gasteiger partial charge in [0, 0.05) is 19.1 Å². The molecule has 0 aromatic heterocycles. The summed E-state index contributed by atoms with van der Waals surface area (Å²) in [5.41, 5.74) is 0.476. The number of carbonyl (C=O) groups is 2. The zero-order valence-electron chi connectivity index (χ0n) is 13.3. The molecule has 2 heterocycles. The van der Waals surface area contributed by atoms with Crippen molar-refractivity contribution in [2.45, 2.75) is 25.3 Å². The van der Waals surface area contributed by atoms with E-state index in [1.54, 1.807) is 29.2 Å². The number of benzene rings is 1. The summed E-state index contributed by atoms with van der Waals surface area (Å²) in [7, 11) is 2.11. The molecule has 1 N–H and O–H groups in total. The second-order valence-corrected chi connectivity index (χ2v) is 6.86. The Kier molecular flexibility index (Phi) is 4.87. The van der Waals surface area contributed by atoms with E-state index in [9.17, 15) is 9.59 Å². The quantitative estimate of drug-likeness (QED) is 0.801. The van der Waals surface area contributed by atoms with E-state index in [1.807, 2.05) is 0 Å². The molecule has 23 heavy (non-hydrogen) atoms. The number of fused-ring (bicyclic) bond motifs is 1. The van der Waals surface area contributed by atoms with Gasteiger partial charge in [0.2, 0.25) is 0 Å². The molecule has 2 aliphatic rings. The van der Waals surface area contributed by atoms with Gasteiger partial charge in [0.15, 0.2) is 0 Å². The van der Waals surface area contributed by atoms with Gasteiger partial charge in [0.25, 0.3) is 0 Å². The van der Waals surface area contributed by atoms with Gasteiger partial charge in [0.05, 0.1) is 10.7 Å². The number of rotatable bonds is 1. The molecular formula is C17H22ClN3O2. The number of para-hydroxylation sites is 1. The summed E-state index contributed by atoms with van der Waals surface area (Å²) in [6.07, 6.45) is 3.03. The summed E-state index contributed by atoms with van der Waals surface area (Å²) in [6.45, 7) is 2.64. The zero-order chi connectivity index (χ0) is 16.4. The summed E-state index contributed by atoms with van der Waals surface area (Å²) in [5.74, 6) is -0.568. The molecule has 2 atom stereocenters. The van der Waals surface area contributed by atoms with Crippen LogP contribution in [0.3, 0.4) is 0 Å². The number of hydrogen-bond acceptors (Lipinski definition) is 3. The first-order valence-electron chi connectivity index (χ1n) is 8.11. The normalized spacial score (nSPS) is 24.9. The van der Waals surface area contributed by atoms with E-state index >= 15 is 0 Å². The Balaban J connectivity index is 1.69. The van der Waals surface area contributed by atoms with Gasteiger partial charge >= 0.3 is 11.8 Å². The van der Waals surface area contributed by atoms with Crippen molar-refractivity contribution in [3.63, 3.8) is 0 Å². The van der Waals surface area contributed by atoms with Crippen molar-refractivity contribution in [3.8, 4) is 0 Å². The molecule has 1 aromatic carbocycles. The molecule has 0 radical (unpaired) electrons. The highest BCUT2D eigenvalue weighted by atomic mass is 35.5. The van der Waals surface area contributed by atoms with Crippen molar-refractivity contribution in [1.82, 2.24) is 9.80 Å². The fourth-order valence-corrected chi connectivity index (χ4v) is 3.89. The summed E-state index contributed by atoms with van der Waals surface area (Å²) in [5, 5.41) is 3.07. The van der Waals surface area contributed by atoms with Gasteiger partial charge in [-0.1, -0.05) is 23.7 Å². The third-order valence-electron chi connectivity index (χ3n) is 4.85. The maximum Gasteiger partial charge on any atom is 0.313 e. The molecule has 2 fully saturated rings. The summed E-state index contributed by atoms with van der Waals surface area (Å²) < 4.78 is 0. The predicted octanol–water partition coefficient (Wildman–Crippen LogP) is 2.22. The first-order chi connectivity index (χ1) is 11.1. The number of piperidine rings is 2. The van der Waals surface area contributed by atoms with Crippen LogP contribution >= 0.6 is 11.6 Å². The van der Waals surface area contributed by atoms with Crippen LogP contribution in [-0.2, 0) is 9.59 Å². The number of nitrogens with one attached hydrogen (secondary N) is 1. The lowest BCUT2D eigenvalue weighted by Gasteiger charge is -2.46. The number of nitrogens with zero attached hydrogens (tertiary/aromatic N) is 2. The van der Waals surface area contributed by atoms with Crippen LogP contribution in [0.25, 0.3) is 0 Å². The molecule has 2 aliphatic heterocycles. The van der Waals surface area contributed by atoms with Crippen molar-refractivity contribution >= 4 is 29.1 Å². The van der Waals surface area contributed by atoms with Crippen LogP contribution in [0, 0.1) is 5.92 Å². The van der Waals surface area contributed by atoms with E-state index in [1.165, 1.54) is 0 Å². The molecule has 0 spiro atoms. The van der Waals surface area contributed by atoms with E-state index in [4.69, 9.17) is 11.6 Å². The lowest BCUT2D eigenvalue weighted by Crippen LogP contribution is -2.57. The average molecular weight is 336 g/mol. The van der Waals surface area contributed by atoms with Crippen LogP contribution in [-0.4, -0.2) is 54.3 Å². The largest absolute Gasteiger partial charge is 0.331 e. The molecule has 0 saturated carbocycles. The maximum absolute atomic E-state index is 12.6. The topological polar surface area (TPSA) is 52.7 Å². The maximum atomic E-state index is 12.6. The van der Waals surface area contributed by atoms with Crippen molar-refractivity contribution in [2.75, 3.05) is 32.0 Å². The number of likely N-dealkylation sites (tertiary alicyclic amines) is 2. The monoisotopic (exact) mass is 335 g/mol. The second-order valence-electron chi connectivity index (χ2n) is 6.45. The van der Waals surface area contributed by atoms with Crippen molar-refractivity contribution in [1.29, 1.82) is 0 Å². The Morgan fingerprint density at radius 2 is 2.00 bits per heavy atom. The number of amides is 2. The number of anilines is 1. The number of carbonyl (C=O) groups excluding carboxylic acids is 2. The van der Waals surface area contributed by atoms with Crippen LogP contribution in [0.4, 0.5) is 5.69 Å². The molecule has 124 valence electrons. The van der Waals surface area contributed by atoms with Gasteiger partial charge in [-0.2, -0.15) is 0 Å². The van der Waals surface area contributed by atoms with E-state index < -0.39 is 11.8 Å². The van der Waals surface area contributed by atoms with Crippen LogP contribution in [0.2, 0.25) is 5.02 Å².